The third-order valence-electron chi connectivity index (χ3n) is 13.4. The van der Waals surface area contributed by atoms with Gasteiger partial charge in [0.1, 0.15) is 0 Å². The Hall–Kier alpha value is -5.84. The summed E-state index contributed by atoms with van der Waals surface area (Å²) in [6.07, 6.45) is 8.53. The Morgan fingerprint density at radius 2 is 1.12 bits per heavy atom. The van der Waals surface area contributed by atoms with Crippen molar-refractivity contribution in [1.29, 1.82) is 0 Å². The van der Waals surface area contributed by atoms with E-state index >= 15 is 0 Å². The van der Waals surface area contributed by atoms with Gasteiger partial charge < -0.3 is 14.5 Å². The second-order valence-electron chi connectivity index (χ2n) is 16.8. The molecule has 4 aliphatic carbocycles. The third kappa shape index (κ3) is 5.15. The van der Waals surface area contributed by atoms with Crippen LogP contribution in [0.15, 0.2) is 164 Å². The van der Waals surface area contributed by atoms with Gasteiger partial charge in [0.2, 0.25) is 0 Å². The number of ether oxygens (including phenoxy) is 1. The van der Waals surface area contributed by atoms with Crippen molar-refractivity contribution in [2.45, 2.75) is 43.9 Å². The number of para-hydroxylation sites is 4. The molecule has 1 aromatic heterocycles. The molecule has 0 unspecified atom stereocenters. The number of anilines is 6. The van der Waals surface area contributed by atoms with Crippen LogP contribution in [0.3, 0.4) is 0 Å². The second-order valence-corrected chi connectivity index (χ2v) is 17.9. The van der Waals surface area contributed by atoms with Gasteiger partial charge in [0, 0.05) is 42.9 Å². The molecular formula is C52H42N2OS. The minimum Gasteiger partial charge on any atom is -0.453 e. The fourth-order valence-corrected chi connectivity index (χ4v) is 12.6. The van der Waals surface area contributed by atoms with Crippen LogP contribution in [-0.2, 0) is 5.41 Å². The van der Waals surface area contributed by atoms with E-state index in [1.807, 2.05) is 35.6 Å². The SMILES string of the molecule is c1cc(-c2cccc3sc4ccccc4c23)cc(N(c2ccc(N3c4ccccc4Oc4ccccc43)cc2)c2ccc(C34CC5CC(CC(C5)C3)C4)cc2)c1. The normalized spacial score (nSPS) is 21.9. The Morgan fingerprint density at radius 3 is 1.82 bits per heavy atom. The number of thiophene rings is 1. The van der Waals surface area contributed by atoms with Gasteiger partial charge in [-0.05, 0) is 163 Å². The monoisotopic (exact) mass is 742 g/mol. The van der Waals surface area contributed by atoms with Crippen LogP contribution in [0.2, 0.25) is 0 Å². The Morgan fingerprint density at radius 1 is 0.536 bits per heavy atom. The van der Waals surface area contributed by atoms with Crippen molar-refractivity contribution in [2.24, 2.45) is 17.8 Å². The summed E-state index contributed by atoms with van der Waals surface area (Å²) < 4.78 is 8.99. The minimum atomic E-state index is 0.367. The first-order chi connectivity index (χ1) is 27.7. The largest absolute Gasteiger partial charge is 0.453 e. The Labute approximate surface area is 332 Å². The van der Waals surface area contributed by atoms with Gasteiger partial charge in [-0.2, -0.15) is 0 Å². The van der Waals surface area contributed by atoms with Gasteiger partial charge in [0.25, 0.3) is 0 Å². The molecule has 0 saturated heterocycles. The number of hydrogen-bond acceptors (Lipinski definition) is 4. The molecule has 8 aromatic rings. The van der Waals surface area contributed by atoms with Crippen molar-refractivity contribution in [3.8, 4) is 22.6 Å². The molecule has 0 radical (unpaired) electrons. The molecule has 2 heterocycles. The maximum absolute atomic E-state index is 6.34. The molecule has 0 spiro atoms. The molecule has 0 N–H and O–H groups in total. The smallest absolute Gasteiger partial charge is 0.151 e. The lowest BCUT2D eigenvalue weighted by molar-refractivity contribution is -0.00518. The molecule has 3 nitrogen and oxygen atoms in total. The van der Waals surface area contributed by atoms with Gasteiger partial charge in [0.15, 0.2) is 11.5 Å². The van der Waals surface area contributed by atoms with Gasteiger partial charge in [-0.1, -0.05) is 78.9 Å². The van der Waals surface area contributed by atoms with Crippen molar-refractivity contribution < 1.29 is 4.74 Å². The van der Waals surface area contributed by atoms with Crippen LogP contribution in [0.4, 0.5) is 34.1 Å². The molecule has 4 bridgehead atoms. The van der Waals surface area contributed by atoms with Crippen molar-refractivity contribution in [2.75, 3.05) is 9.80 Å². The number of fused-ring (bicyclic) bond motifs is 5. The van der Waals surface area contributed by atoms with E-state index in [2.05, 4.69) is 149 Å². The molecule has 56 heavy (non-hydrogen) atoms. The average Bonchev–Trinajstić information content (AvgIpc) is 3.62. The summed E-state index contributed by atoms with van der Waals surface area (Å²) in [6.45, 7) is 0. The van der Waals surface area contributed by atoms with Crippen LogP contribution in [-0.4, -0.2) is 0 Å². The number of rotatable bonds is 6. The molecule has 4 heteroatoms. The standard InChI is InChI=1S/C52H42N2OS/c1-6-17-49-44(11-1)51-43(12-8-18-50(51)56-49)37-9-7-10-42(30-37)53(39-21-19-38(20-22-39)52-31-34-27-35(32-52)29-36(28-34)33-52)40-23-25-41(26-24-40)54-45-13-2-4-15-47(45)55-48-16-5-3-14-46(48)54/h1-26,30,34-36H,27-29,31-33H2. The predicted molar refractivity (Wildman–Crippen MR) is 234 cm³/mol. The highest BCUT2D eigenvalue weighted by Crippen LogP contribution is 2.61. The Kier molecular flexibility index (Phi) is 7.29. The number of nitrogens with zero attached hydrogens (tertiary/aromatic N) is 2. The van der Waals surface area contributed by atoms with E-state index in [-0.39, 0.29) is 0 Å². The maximum Gasteiger partial charge on any atom is 0.151 e. The molecular weight excluding hydrogens is 701 g/mol. The van der Waals surface area contributed by atoms with E-state index in [4.69, 9.17) is 4.74 Å². The summed E-state index contributed by atoms with van der Waals surface area (Å²) in [4.78, 5) is 4.76. The van der Waals surface area contributed by atoms with Crippen LogP contribution in [0, 0.1) is 17.8 Å². The lowest BCUT2D eigenvalue weighted by atomic mass is 9.48. The van der Waals surface area contributed by atoms with Crippen molar-refractivity contribution in [3.63, 3.8) is 0 Å². The van der Waals surface area contributed by atoms with Gasteiger partial charge >= 0.3 is 0 Å². The highest BCUT2D eigenvalue weighted by atomic mass is 32.1. The van der Waals surface area contributed by atoms with Gasteiger partial charge in [-0.25, -0.2) is 0 Å². The van der Waals surface area contributed by atoms with Crippen molar-refractivity contribution in [3.05, 3.63) is 169 Å². The molecule has 13 rings (SSSR count). The summed E-state index contributed by atoms with van der Waals surface area (Å²) in [5.41, 5.74) is 11.1. The maximum atomic E-state index is 6.34. The molecule has 0 amide bonds. The highest BCUT2D eigenvalue weighted by Gasteiger charge is 2.51. The first-order valence-electron chi connectivity index (χ1n) is 20.3. The zero-order valence-electron chi connectivity index (χ0n) is 31.3. The fraction of sp³-hybridized carbons (Fsp3) is 0.192. The van der Waals surface area contributed by atoms with E-state index in [0.29, 0.717) is 5.41 Å². The van der Waals surface area contributed by atoms with E-state index in [1.165, 1.54) is 75.5 Å². The van der Waals surface area contributed by atoms with Gasteiger partial charge in [0.05, 0.1) is 11.4 Å². The van der Waals surface area contributed by atoms with Gasteiger partial charge in [-0.3, -0.25) is 0 Å². The first-order valence-corrected chi connectivity index (χ1v) is 21.1. The molecule has 0 atom stereocenters. The lowest BCUT2D eigenvalue weighted by Gasteiger charge is -2.57. The van der Waals surface area contributed by atoms with Crippen LogP contribution in [0.1, 0.15) is 44.1 Å². The van der Waals surface area contributed by atoms with E-state index < -0.39 is 0 Å². The van der Waals surface area contributed by atoms with Crippen LogP contribution < -0.4 is 14.5 Å². The van der Waals surface area contributed by atoms with E-state index in [0.717, 1.165) is 57.7 Å². The summed E-state index contributed by atoms with van der Waals surface area (Å²) in [7, 11) is 0. The molecule has 5 aliphatic rings. The van der Waals surface area contributed by atoms with Crippen LogP contribution >= 0.6 is 11.3 Å². The predicted octanol–water partition coefficient (Wildman–Crippen LogP) is 15.2. The summed E-state index contributed by atoms with van der Waals surface area (Å²) in [6, 6.07) is 60.2. The van der Waals surface area contributed by atoms with Gasteiger partial charge in [-0.15, -0.1) is 11.3 Å². The second kappa shape index (κ2) is 12.6. The Bertz CT molecular complexity index is 2700. The molecule has 4 saturated carbocycles. The summed E-state index contributed by atoms with van der Waals surface area (Å²) in [5.74, 6) is 4.50. The number of benzene rings is 7. The lowest BCUT2D eigenvalue weighted by Crippen LogP contribution is -2.48. The molecule has 7 aromatic carbocycles. The molecule has 4 fully saturated rings. The minimum absolute atomic E-state index is 0.367. The molecule has 272 valence electrons. The summed E-state index contributed by atoms with van der Waals surface area (Å²) >= 11 is 1.88. The van der Waals surface area contributed by atoms with E-state index in [1.54, 1.807) is 5.56 Å². The zero-order chi connectivity index (χ0) is 36.8. The van der Waals surface area contributed by atoms with Crippen LogP contribution in [0.5, 0.6) is 11.5 Å². The average molecular weight is 743 g/mol. The van der Waals surface area contributed by atoms with Crippen LogP contribution in [0.25, 0.3) is 31.3 Å². The topological polar surface area (TPSA) is 15.7 Å². The number of hydrogen-bond donors (Lipinski definition) is 0. The summed E-state index contributed by atoms with van der Waals surface area (Å²) in [5, 5.41) is 2.67. The van der Waals surface area contributed by atoms with E-state index in [9.17, 15) is 0 Å². The fourth-order valence-electron chi connectivity index (χ4n) is 11.4. The zero-order valence-corrected chi connectivity index (χ0v) is 32.1. The first kappa shape index (κ1) is 32.4. The quantitative estimate of drug-likeness (QED) is 0.169. The van der Waals surface area contributed by atoms with Crippen molar-refractivity contribution >= 4 is 65.6 Å². The van der Waals surface area contributed by atoms with Crippen molar-refractivity contribution in [1.82, 2.24) is 0 Å². The molecule has 1 aliphatic heterocycles. The third-order valence-corrected chi connectivity index (χ3v) is 14.5. The Balaban J connectivity index is 0.973. The highest BCUT2D eigenvalue weighted by molar-refractivity contribution is 7.25.